The maximum Gasteiger partial charge on any atom is 0.228 e. The first kappa shape index (κ1) is 13.8. The van der Waals surface area contributed by atoms with Crippen LogP contribution in [0.3, 0.4) is 0 Å². The van der Waals surface area contributed by atoms with Crippen LogP contribution in [-0.4, -0.2) is 61.6 Å². The van der Waals surface area contributed by atoms with Crippen LogP contribution in [0.15, 0.2) is 0 Å². The second kappa shape index (κ2) is 5.57. The minimum atomic E-state index is -0.0205. The molecule has 1 aliphatic heterocycles. The van der Waals surface area contributed by atoms with Crippen molar-refractivity contribution in [3.8, 4) is 0 Å². The summed E-state index contributed by atoms with van der Waals surface area (Å²) in [4.78, 5) is 16.8. The number of amides is 1. The van der Waals surface area contributed by atoms with E-state index in [0.29, 0.717) is 11.9 Å². The largest absolute Gasteiger partial charge is 0.383 e. The van der Waals surface area contributed by atoms with Gasteiger partial charge in [-0.3, -0.25) is 9.69 Å². The number of hydrogen-bond acceptors (Lipinski definition) is 3. The van der Waals surface area contributed by atoms with E-state index < -0.39 is 0 Å². The van der Waals surface area contributed by atoms with Crippen molar-refractivity contribution in [3.05, 3.63) is 0 Å². The Morgan fingerprint density at radius 3 is 2.61 bits per heavy atom. The van der Waals surface area contributed by atoms with Gasteiger partial charge in [0.15, 0.2) is 0 Å². The van der Waals surface area contributed by atoms with Crippen LogP contribution in [0.25, 0.3) is 0 Å². The maximum absolute atomic E-state index is 12.3. The number of carbonyl (C=O) groups is 1. The summed E-state index contributed by atoms with van der Waals surface area (Å²) in [6.07, 6.45) is 3.23. The van der Waals surface area contributed by atoms with Gasteiger partial charge in [-0.05, 0) is 26.2 Å². The summed E-state index contributed by atoms with van der Waals surface area (Å²) in [5.41, 5.74) is -0.0205. The molecule has 4 heteroatoms. The molecular formula is C14H26N2O2. The van der Waals surface area contributed by atoms with Gasteiger partial charge in [0.25, 0.3) is 0 Å². The third-order valence-electron chi connectivity index (χ3n) is 4.37. The Morgan fingerprint density at radius 2 is 2.00 bits per heavy atom. The number of carbonyl (C=O) groups excluding carboxylic acids is 1. The summed E-state index contributed by atoms with van der Waals surface area (Å²) in [5, 5.41) is 0. The first-order valence-electron chi connectivity index (χ1n) is 7.09. The van der Waals surface area contributed by atoms with E-state index in [9.17, 15) is 4.79 Å². The molecule has 0 aromatic heterocycles. The minimum absolute atomic E-state index is 0.0205. The molecule has 1 saturated heterocycles. The lowest BCUT2D eigenvalue weighted by atomic mass is 10.1. The molecule has 18 heavy (non-hydrogen) atoms. The number of ether oxygens (including phenoxy) is 1. The van der Waals surface area contributed by atoms with Gasteiger partial charge in [0, 0.05) is 44.7 Å². The lowest BCUT2D eigenvalue weighted by Crippen LogP contribution is -2.41. The van der Waals surface area contributed by atoms with E-state index in [1.54, 1.807) is 7.11 Å². The summed E-state index contributed by atoms with van der Waals surface area (Å²) in [5.74, 6) is 0.378. The minimum Gasteiger partial charge on any atom is -0.383 e. The molecule has 0 spiro atoms. The van der Waals surface area contributed by atoms with E-state index in [1.807, 2.05) is 0 Å². The molecule has 1 heterocycles. The summed E-state index contributed by atoms with van der Waals surface area (Å²) >= 11 is 0. The predicted octanol–water partition coefficient (Wildman–Crippen LogP) is 1.36. The van der Waals surface area contributed by atoms with Crippen molar-refractivity contribution in [3.63, 3.8) is 0 Å². The third-order valence-corrected chi connectivity index (χ3v) is 4.37. The molecule has 1 saturated carbocycles. The highest BCUT2D eigenvalue weighted by Crippen LogP contribution is 2.46. The zero-order chi connectivity index (χ0) is 13.2. The summed E-state index contributed by atoms with van der Waals surface area (Å²) in [6, 6.07) is 0.446. The van der Waals surface area contributed by atoms with Crippen molar-refractivity contribution in [1.82, 2.24) is 9.80 Å². The van der Waals surface area contributed by atoms with Crippen molar-refractivity contribution >= 4 is 5.91 Å². The van der Waals surface area contributed by atoms with Crippen LogP contribution in [0.2, 0.25) is 0 Å². The number of methoxy groups -OCH3 is 1. The number of hydrogen-bond donors (Lipinski definition) is 0. The molecule has 1 aliphatic carbocycles. The number of nitrogens with zero attached hydrogens (tertiary/aromatic N) is 2. The Bertz CT molecular complexity index is 302. The molecule has 0 radical (unpaired) electrons. The van der Waals surface area contributed by atoms with Crippen molar-refractivity contribution in [2.75, 3.05) is 39.9 Å². The van der Waals surface area contributed by atoms with Gasteiger partial charge in [-0.25, -0.2) is 0 Å². The first-order valence-corrected chi connectivity index (χ1v) is 7.09. The van der Waals surface area contributed by atoms with Crippen LogP contribution in [0, 0.1) is 5.41 Å². The van der Waals surface area contributed by atoms with E-state index in [-0.39, 0.29) is 5.41 Å². The van der Waals surface area contributed by atoms with E-state index in [0.717, 1.165) is 52.0 Å². The predicted molar refractivity (Wildman–Crippen MR) is 71.4 cm³/mol. The SMILES string of the molecule is COCC(C)N1CCCN(C(=O)C2(C)CC2)CC1. The van der Waals surface area contributed by atoms with Gasteiger partial charge in [0.2, 0.25) is 5.91 Å². The zero-order valence-electron chi connectivity index (χ0n) is 11.9. The van der Waals surface area contributed by atoms with Crippen LogP contribution in [0.1, 0.15) is 33.1 Å². The highest BCUT2D eigenvalue weighted by molar-refractivity contribution is 5.84. The normalized spacial score (nSPS) is 25.6. The lowest BCUT2D eigenvalue weighted by molar-refractivity contribution is -0.136. The van der Waals surface area contributed by atoms with Gasteiger partial charge in [0.1, 0.15) is 0 Å². The monoisotopic (exact) mass is 254 g/mol. The van der Waals surface area contributed by atoms with E-state index in [2.05, 4.69) is 23.6 Å². The summed E-state index contributed by atoms with van der Waals surface area (Å²) in [7, 11) is 1.75. The van der Waals surface area contributed by atoms with E-state index in [4.69, 9.17) is 4.74 Å². The van der Waals surface area contributed by atoms with Crippen LogP contribution in [-0.2, 0) is 9.53 Å². The molecule has 104 valence electrons. The molecule has 0 aromatic rings. The van der Waals surface area contributed by atoms with Gasteiger partial charge in [0.05, 0.1) is 6.61 Å². The van der Waals surface area contributed by atoms with Crippen molar-refractivity contribution in [2.45, 2.75) is 39.2 Å². The summed E-state index contributed by atoms with van der Waals surface area (Å²) in [6.45, 7) is 8.92. The van der Waals surface area contributed by atoms with Crippen LogP contribution < -0.4 is 0 Å². The molecule has 0 bridgehead atoms. The molecule has 4 nitrogen and oxygen atoms in total. The van der Waals surface area contributed by atoms with Crippen molar-refractivity contribution in [1.29, 1.82) is 0 Å². The van der Waals surface area contributed by atoms with Crippen LogP contribution in [0.5, 0.6) is 0 Å². The third kappa shape index (κ3) is 3.04. The number of rotatable bonds is 4. The van der Waals surface area contributed by atoms with Gasteiger partial charge < -0.3 is 9.64 Å². The zero-order valence-corrected chi connectivity index (χ0v) is 11.9. The van der Waals surface area contributed by atoms with Crippen LogP contribution in [0.4, 0.5) is 0 Å². The Kier molecular flexibility index (Phi) is 4.28. The maximum atomic E-state index is 12.3. The Hall–Kier alpha value is -0.610. The fourth-order valence-corrected chi connectivity index (χ4v) is 2.71. The molecule has 2 rings (SSSR count). The Balaban J connectivity index is 1.86. The van der Waals surface area contributed by atoms with Crippen molar-refractivity contribution < 1.29 is 9.53 Å². The van der Waals surface area contributed by atoms with E-state index >= 15 is 0 Å². The standard InChI is InChI=1S/C14H26N2O2/c1-12(11-18-3)15-7-4-8-16(10-9-15)13(17)14(2)5-6-14/h12H,4-11H2,1-3H3. The fourth-order valence-electron chi connectivity index (χ4n) is 2.71. The Morgan fingerprint density at radius 1 is 1.28 bits per heavy atom. The second-order valence-electron chi connectivity index (χ2n) is 6.05. The van der Waals surface area contributed by atoms with Gasteiger partial charge in [-0.15, -0.1) is 0 Å². The molecule has 2 fully saturated rings. The molecule has 1 amide bonds. The average molecular weight is 254 g/mol. The highest BCUT2D eigenvalue weighted by Gasteiger charge is 2.47. The summed E-state index contributed by atoms with van der Waals surface area (Å²) < 4.78 is 5.21. The van der Waals surface area contributed by atoms with Gasteiger partial charge in [-0.2, -0.15) is 0 Å². The second-order valence-corrected chi connectivity index (χ2v) is 6.05. The lowest BCUT2D eigenvalue weighted by Gasteiger charge is -2.27. The Labute approximate surface area is 110 Å². The smallest absolute Gasteiger partial charge is 0.228 e. The molecule has 0 N–H and O–H groups in total. The average Bonchev–Trinajstić information content (AvgIpc) is 3.12. The molecule has 0 aromatic carbocycles. The van der Waals surface area contributed by atoms with E-state index in [1.165, 1.54) is 0 Å². The molecular weight excluding hydrogens is 228 g/mol. The van der Waals surface area contributed by atoms with Crippen molar-refractivity contribution in [2.24, 2.45) is 5.41 Å². The van der Waals surface area contributed by atoms with Gasteiger partial charge in [-0.1, -0.05) is 6.92 Å². The fraction of sp³-hybridized carbons (Fsp3) is 0.929. The quantitative estimate of drug-likeness (QED) is 0.759. The molecule has 2 aliphatic rings. The topological polar surface area (TPSA) is 32.8 Å². The molecule has 1 atom stereocenters. The first-order chi connectivity index (χ1) is 8.57. The highest BCUT2D eigenvalue weighted by atomic mass is 16.5. The molecule has 1 unspecified atom stereocenters. The van der Waals surface area contributed by atoms with Crippen LogP contribution >= 0.6 is 0 Å². The van der Waals surface area contributed by atoms with Gasteiger partial charge >= 0.3 is 0 Å².